The number of esters is 1. The number of carbonyl (C=O) groups is 3. The minimum absolute atomic E-state index is 0.0839. The van der Waals surface area contributed by atoms with Crippen molar-refractivity contribution in [2.45, 2.75) is 13.0 Å². The lowest BCUT2D eigenvalue weighted by Crippen LogP contribution is -2.28. The third-order valence-corrected chi connectivity index (χ3v) is 4.48. The molecule has 1 aliphatic heterocycles. The highest BCUT2D eigenvalue weighted by atomic mass is 19.1. The number of benzene rings is 2. The molecule has 2 aromatic carbocycles. The van der Waals surface area contributed by atoms with E-state index in [1.54, 1.807) is 42.5 Å². The van der Waals surface area contributed by atoms with E-state index in [1.165, 1.54) is 18.1 Å². The zero-order valence-electron chi connectivity index (χ0n) is 14.8. The Balaban J connectivity index is 1.60. The van der Waals surface area contributed by atoms with Crippen LogP contribution in [0.1, 0.15) is 22.3 Å². The molecule has 0 aromatic heterocycles. The molecule has 1 heterocycles. The molecule has 1 N–H and O–H groups in total. The Morgan fingerprint density at radius 2 is 1.89 bits per heavy atom. The van der Waals surface area contributed by atoms with E-state index in [9.17, 15) is 18.8 Å². The number of halogens is 1. The number of nitrogens with zero attached hydrogens (tertiary/aromatic N) is 1. The van der Waals surface area contributed by atoms with Gasteiger partial charge in [-0.1, -0.05) is 18.2 Å². The molecule has 1 aliphatic rings. The molecule has 1 unspecified atom stereocenters. The maximum absolute atomic E-state index is 13.8. The molecule has 3 rings (SSSR count). The maximum Gasteiger partial charge on any atom is 0.337 e. The van der Waals surface area contributed by atoms with E-state index in [1.807, 2.05) is 0 Å². The summed E-state index contributed by atoms with van der Waals surface area (Å²) in [5, 5.41) is 2.74. The van der Waals surface area contributed by atoms with E-state index in [0.717, 1.165) is 0 Å². The van der Waals surface area contributed by atoms with Gasteiger partial charge in [0.25, 0.3) is 0 Å². The van der Waals surface area contributed by atoms with Crippen LogP contribution in [0.3, 0.4) is 0 Å². The first-order valence-corrected chi connectivity index (χ1v) is 8.48. The van der Waals surface area contributed by atoms with Crippen LogP contribution in [0.25, 0.3) is 0 Å². The number of methoxy groups -OCH3 is 1. The average molecular weight is 370 g/mol. The van der Waals surface area contributed by atoms with E-state index >= 15 is 0 Å². The summed E-state index contributed by atoms with van der Waals surface area (Å²) in [5.41, 5.74) is 1.32. The van der Waals surface area contributed by atoms with Gasteiger partial charge in [-0.3, -0.25) is 9.59 Å². The normalized spacial score (nSPS) is 16.3. The van der Waals surface area contributed by atoms with E-state index < -0.39 is 11.9 Å². The average Bonchev–Trinajstić information content (AvgIpc) is 3.04. The van der Waals surface area contributed by atoms with Gasteiger partial charge in [0, 0.05) is 30.8 Å². The van der Waals surface area contributed by atoms with Crippen molar-refractivity contribution in [2.24, 2.45) is 5.92 Å². The summed E-state index contributed by atoms with van der Waals surface area (Å²) in [5.74, 6) is -1.81. The van der Waals surface area contributed by atoms with Gasteiger partial charge in [0.2, 0.25) is 11.8 Å². The first-order valence-electron chi connectivity index (χ1n) is 8.48. The quantitative estimate of drug-likeness (QED) is 0.821. The molecule has 1 fully saturated rings. The minimum atomic E-state index is -0.510. The van der Waals surface area contributed by atoms with Crippen LogP contribution in [0.15, 0.2) is 48.5 Å². The third-order valence-electron chi connectivity index (χ3n) is 4.48. The van der Waals surface area contributed by atoms with Gasteiger partial charge in [-0.05, 0) is 30.3 Å². The zero-order chi connectivity index (χ0) is 19.4. The summed E-state index contributed by atoms with van der Waals surface area (Å²) in [6.07, 6.45) is 0.0839. The van der Waals surface area contributed by atoms with Gasteiger partial charge in [-0.25, -0.2) is 9.18 Å². The smallest absolute Gasteiger partial charge is 0.337 e. The minimum Gasteiger partial charge on any atom is -0.465 e. The van der Waals surface area contributed by atoms with Gasteiger partial charge in [-0.2, -0.15) is 0 Å². The highest BCUT2D eigenvalue weighted by Gasteiger charge is 2.34. The van der Waals surface area contributed by atoms with Crippen LogP contribution in [-0.4, -0.2) is 36.3 Å². The maximum atomic E-state index is 13.8. The summed E-state index contributed by atoms with van der Waals surface area (Å²) in [6.45, 7) is 0.377. The van der Waals surface area contributed by atoms with Crippen molar-refractivity contribution in [3.05, 3.63) is 65.5 Å². The van der Waals surface area contributed by atoms with Gasteiger partial charge in [0.15, 0.2) is 0 Å². The molecule has 7 heteroatoms. The lowest BCUT2D eigenvalue weighted by molar-refractivity contribution is -0.128. The van der Waals surface area contributed by atoms with Crippen molar-refractivity contribution in [2.75, 3.05) is 19.0 Å². The molecule has 27 heavy (non-hydrogen) atoms. The number of hydrogen-bond donors (Lipinski definition) is 1. The van der Waals surface area contributed by atoms with Gasteiger partial charge >= 0.3 is 5.97 Å². The Morgan fingerprint density at radius 3 is 2.56 bits per heavy atom. The lowest BCUT2D eigenvalue weighted by atomic mass is 10.1. The Morgan fingerprint density at radius 1 is 1.19 bits per heavy atom. The number of anilines is 1. The molecule has 140 valence electrons. The van der Waals surface area contributed by atoms with E-state index in [2.05, 4.69) is 10.1 Å². The summed E-state index contributed by atoms with van der Waals surface area (Å²) in [7, 11) is 1.29. The summed E-state index contributed by atoms with van der Waals surface area (Å²) in [6, 6.07) is 12.6. The number of rotatable bonds is 5. The molecule has 1 atom stereocenters. The van der Waals surface area contributed by atoms with E-state index in [-0.39, 0.29) is 37.1 Å². The van der Waals surface area contributed by atoms with Crippen LogP contribution >= 0.6 is 0 Å². The van der Waals surface area contributed by atoms with Crippen molar-refractivity contribution in [1.29, 1.82) is 0 Å². The van der Waals surface area contributed by atoms with Gasteiger partial charge in [0.1, 0.15) is 5.82 Å². The van der Waals surface area contributed by atoms with E-state index in [0.29, 0.717) is 16.8 Å². The Kier molecular flexibility index (Phi) is 5.49. The fourth-order valence-corrected chi connectivity index (χ4v) is 2.98. The number of ether oxygens (including phenoxy) is 1. The molecule has 2 aromatic rings. The van der Waals surface area contributed by atoms with Crippen molar-refractivity contribution >= 4 is 23.5 Å². The summed E-state index contributed by atoms with van der Waals surface area (Å²) in [4.78, 5) is 37.5. The van der Waals surface area contributed by atoms with E-state index in [4.69, 9.17) is 0 Å². The fraction of sp³-hybridized carbons (Fsp3) is 0.250. The van der Waals surface area contributed by atoms with Crippen molar-refractivity contribution < 1.29 is 23.5 Å². The topological polar surface area (TPSA) is 75.7 Å². The van der Waals surface area contributed by atoms with Crippen molar-refractivity contribution in [3.63, 3.8) is 0 Å². The third kappa shape index (κ3) is 4.31. The largest absolute Gasteiger partial charge is 0.465 e. The van der Waals surface area contributed by atoms with Gasteiger partial charge < -0.3 is 15.0 Å². The SMILES string of the molecule is COC(=O)c1ccc(NC(=O)C2CC(=O)N(Cc3ccccc3F)C2)cc1. The Hall–Kier alpha value is -3.22. The van der Waals surface area contributed by atoms with Crippen LogP contribution in [0.4, 0.5) is 10.1 Å². The monoisotopic (exact) mass is 370 g/mol. The first-order chi connectivity index (χ1) is 13.0. The molecule has 0 radical (unpaired) electrons. The zero-order valence-corrected chi connectivity index (χ0v) is 14.8. The molecular formula is C20H19FN2O4. The predicted molar refractivity (Wildman–Crippen MR) is 96.3 cm³/mol. The first kappa shape index (κ1) is 18.6. The molecule has 2 amide bonds. The second kappa shape index (κ2) is 7.99. The second-order valence-corrected chi connectivity index (χ2v) is 6.32. The molecule has 0 aliphatic carbocycles. The van der Waals surface area contributed by atoms with Crippen LogP contribution in [0.5, 0.6) is 0 Å². The molecule has 1 saturated heterocycles. The van der Waals surface area contributed by atoms with Crippen molar-refractivity contribution in [1.82, 2.24) is 4.90 Å². The molecule has 0 bridgehead atoms. The van der Waals surface area contributed by atoms with Crippen LogP contribution < -0.4 is 5.32 Å². The number of likely N-dealkylation sites (tertiary alicyclic amines) is 1. The number of nitrogens with one attached hydrogen (secondary N) is 1. The van der Waals surface area contributed by atoms with Crippen molar-refractivity contribution in [3.8, 4) is 0 Å². The summed E-state index contributed by atoms with van der Waals surface area (Å²) >= 11 is 0. The fourth-order valence-electron chi connectivity index (χ4n) is 2.98. The number of carbonyl (C=O) groups excluding carboxylic acids is 3. The lowest BCUT2D eigenvalue weighted by Gasteiger charge is -2.17. The highest BCUT2D eigenvalue weighted by Crippen LogP contribution is 2.23. The second-order valence-electron chi connectivity index (χ2n) is 6.32. The van der Waals surface area contributed by atoms with Crippen LogP contribution in [-0.2, 0) is 20.9 Å². The molecule has 6 nitrogen and oxygen atoms in total. The number of hydrogen-bond acceptors (Lipinski definition) is 4. The summed E-state index contributed by atoms with van der Waals surface area (Å²) < 4.78 is 18.4. The van der Waals surface area contributed by atoms with Gasteiger partial charge in [0.05, 0.1) is 18.6 Å². The van der Waals surface area contributed by atoms with Crippen LogP contribution in [0, 0.1) is 11.7 Å². The Bertz CT molecular complexity index is 867. The molecular weight excluding hydrogens is 351 g/mol. The standard InChI is InChI=1S/C20H19FN2O4/c1-27-20(26)13-6-8-16(9-7-13)22-19(25)15-10-18(24)23(12-15)11-14-4-2-3-5-17(14)21/h2-9,15H,10-12H2,1H3,(H,22,25). The van der Waals surface area contributed by atoms with Crippen LogP contribution in [0.2, 0.25) is 0 Å². The predicted octanol–water partition coefficient (Wildman–Crippen LogP) is 2.60. The molecule has 0 saturated carbocycles. The highest BCUT2D eigenvalue weighted by molar-refractivity contribution is 5.97. The van der Waals surface area contributed by atoms with Gasteiger partial charge in [-0.15, -0.1) is 0 Å². The Labute approximate surface area is 155 Å². The number of amides is 2. The molecule has 0 spiro atoms.